The molecule has 0 saturated carbocycles. The molecule has 1 heterocycles. The van der Waals surface area contributed by atoms with E-state index in [0.29, 0.717) is 0 Å². The highest BCUT2D eigenvalue weighted by molar-refractivity contribution is 14.1. The molecular weight excluding hydrogens is 363 g/mol. The Bertz CT molecular complexity index is 452. The Balaban J connectivity index is 2.75. The van der Waals surface area contributed by atoms with Crippen molar-refractivity contribution in [3.8, 4) is 5.75 Å². The van der Waals surface area contributed by atoms with Crippen LogP contribution in [0.4, 0.5) is 0 Å². The van der Waals surface area contributed by atoms with Crippen molar-refractivity contribution < 1.29 is 4.74 Å². The molecule has 4 heteroatoms. The fourth-order valence-electron chi connectivity index (χ4n) is 1.14. The Morgan fingerprint density at radius 3 is 2.92 bits per heavy atom. The van der Waals surface area contributed by atoms with Crippen LogP contribution >= 0.6 is 49.9 Å². The van der Waals surface area contributed by atoms with Gasteiger partial charge in [0.15, 0.2) is 0 Å². The molecule has 0 aliphatic heterocycles. The minimum Gasteiger partial charge on any atom is -0.497 e. The highest BCUT2D eigenvalue weighted by Gasteiger charge is 2.07. The highest BCUT2D eigenvalue weighted by Crippen LogP contribution is 2.37. The zero-order chi connectivity index (χ0) is 9.42. The van der Waals surface area contributed by atoms with E-state index in [1.54, 1.807) is 18.4 Å². The van der Waals surface area contributed by atoms with Crippen molar-refractivity contribution in [1.82, 2.24) is 0 Å². The Kier molecular flexibility index (Phi) is 2.80. The van der Waals surface area contributed by atoms with Crippen molar-refractivity contribution in [2.45, 2.75) is 0 Å². The lowest BCUT2D eigenvalue weighted by atomic mass is 10.2. The van der Waals surface area contributed by atoms with Gasteiger partial charge in [-0.25, -0.2) is 0 Å². The topological polar surface area (TPSA) is 9.23 Å². The van der Waals surface area contributed by atoms with Gasteiger partial charge < -0.3 is 4.74 Å². The fraction of sp³-hybridized carbons (Fsp3) is 0.111. The summed E-state index contributed by atoms with van der Waals surface area (Å²) in [5.41, 5.74) is 0. The van der Waals surface area contributed by atoms with E-state index in [-0.39, 0.29) is 0 Å². The monoisotopic (exact) mass is 368 g/mol. The molecule has 0 spiro atoms. The summed E-state index contributed by atoms with van der Waals surface area (Å²) in [6, 6.07) is 6.14. The van der Waals surface area contributed by atoms with Gasteiger partial charge in [-0.2, -0.15) is 0 Å². The van der Waals surface area contributed by atoms with Gasteiger partial charge in [0, 0.05) is 13.7 Å². The molecule has 0 fully saturated rings. The first-order valence-corrected chi connectivity index (χ1v) is 6.32. The van der Waals surface area contributed by atoms with Crippen molar-refractivity contribution >= 4 is 59.9 Å². The first-order valence-electron chi connectivity index (χ1n) is 3.64. The second-order valence-electron chi connectivity index (χ2n) is 2.55. The number of thiophene rings is 1. The van der Waals surface area contributed by atoms with Crippen LogP contribution < -0.4 is 4.74 Å². The zero-order valence-electron chi connectivity index (χ0n) is 6.80. The minimum absolute atomic E-state index is 0.913. The van der Waals surface area contributed by atoms with E-state index >= 15 is 0 Å². The molecule has 0 radical (unpaired) electrons. The van der Waals surface area contributed by atoms with Crippen LogP contribution in [0.25, 0.3) is 10.1 Å². The van der Waals surface area contributed by atoms with Gasteiger partial charge in [0.25, 0.3) is 0 Å². The summed E-state index contributed by atoms with van der Waals surface area (Å²) in [6.07, 6.45) is 0. The van der Waals surface area contributed by atoms with E-state index in [2.05, 4.69) is 50.7 Å². The molecule has 13 heavy (non-hydrogen) atoms. The molecule has 0 N–H and O–H groups in total. The van der Waals surface area contributed by atoms with E-state index in [9.17, 15) is 0 Å². The quantitative estimate of drug-likeness (QED) is 0.683. The maximum atomic E-state index is 5.17. The number of hydrogen-bond donors (Lipinski definition) is 0. The van der Waals surface area contributed by atoms with Crippen LogP contribution in [0.15, 0.2) is 22.0 Å². The third kappa shape index (κ3) is 1.71. The molecule has 1 aromatic heterocycles. The summed E-state index contributed by atoms with van der Waals surface area (Å²) in [5.74, 6) is 0.913. The van der Waals surface area contributed by atoms with Crippen LogP contribution in [0.3, 0.4) is 0 Å². The second-order valence-corrected chi connectivity index (χ2v) is 6.00. The zero-order valence-corrected chi connectivity index (χ0v) is 11.4. The maximum Gasteiger partial charge on any atom is 0.119 e. The molecule has 0 amide bonds. The van der Waals surface area contributed by atoms with E-state index in [1.807, 2.05) is 6.07 Å². The predicted molar refractivity (Wildman–Crippen MR) is 68.8 cm³/mol. The first-order chi connectivity index (χ1) is 6.22. The number of hydrogen-bond acceptors (Lipinski definition) is 2. The molecule has 0 aliphatic carbocycles. The van der Waals surface area contributed by atoms with Crippen molar-refractivity contribution in [3.05, 3.63) is 25.6 Å². The normalized spacial score (nSPS) is 10.7. The van der Waals surface area contributed by atoms with Crippen LogP contribution in [0, 0.1) is 3.57 Å². The number of fused-ring (bicyclic) bond motifs is 1. The number of methoxy groups -OCH3 is 1. The molecule has 2 aromatic rings. The van der Waals surface area contributed by atoms with Crippen LogP contribution in [-0.4, -0.2) is 7.11 Å². The van der Waals surface area contributed by atoms with Gasteiger partial charge in [0.1, 0.15) is 5.75 Å². The minimum atomic E-state index is 0.913. The Hall–Kier alpha value is 0.190. The smallest absolute Gasteiger partial charge is 0.119 e. The van der Waals surface area contributed by atoms with E-state index < -0.39 is 0 Å². The van der Waals surface area contributed by atoms with Crippen LogP contribution in [0.5, 0.6) is 5.75 Å². The predicted octanol–water partition coefficient (Wildman–Crippen LogP) is 4.28. The third-order valence-electron chi connectivity index (χ3n) is 1.80. The van der Waals surface area contributed by atoms with Gasteiger partial charge in [0.05, 0.1) is 10.9 Å². The molecule has 2 rings (SSSR count). The Morgan fingerprint density at radius 2 is 2.23 bits per heavy atom. The van der Waals surface area contributed by atoms with Crippen molar-refractivity contribution in [2.24, 2.45) is 0 Å². The molecule has 0 unspecified atom stereocenters. The van der Waals surface area contributed by atoms with Crippen LogP contribution in [0.2, 0.25) is 0 Å². The highest BCUT2D eigenvalue weighted by atomic mass is 127. The molecular formula is C9H6BrIOS. The number of benzene rings is 1. The van der Waals surface area contributed by atoms with Gasteiger partial charge in [-0.15, -0.1) is 11.3 Å². The Labute approximate surface area is 102 Å². The summed E-state index contributed by atoms with van der Waals surface area (Å²) in [6.45, 7) is 0. The summed E-state index contributed by atoms with van der Waals surface area (Å²) >= 11 is 7.62. The summed E-state index contributed by atoms with van der Waals surface area (Å²) < 4.78 is 8.91. The lowest BCUT2D eigenvalue weighted by molar-refractivity contribution is 0.415. The molecule has 0 aliphatic rings. The molecule has 0 atom stereocenters. The number of rotatable bonds is 1. The maximum absolute atomic E-state index is 5.17. The SMILES string of the molecule is COc1ccc2sc(Br)c(I)c2c1. The molecule has 0 saturated heterocycles. The van der Waals surface area contributed by atoms with Gasteiger partial charge >= 0.3 is 0 Å². The molecule has 68 valence electrons. The Morgan fingerprint density at radius 1 is 1.46 bits per heavy atom. The standard InChI is InChI=1S/C9H6BrIOS/c1-12-5-2-3-7-6(4-5)8(11)9(10)13-7/h2-4H,1H3. The largest absolute Gasteiger partial charge is 0.497 e. The van der Waals surface area contributed by atoms with Crippen molar-refractivity contribution in [2.75, 3.05) is 7.11 Å². The van der Waals surface area contributed by atoms with Crippen molar-refractivity contribution in [3.63, 3.8) is 0 Å². The summed E-state index contributed by atoms with van der Waals surface area (Å²) in [7, 11) is 1.69. The molecule has 1 nitrogen and oxygen atoms in total. The van der Waals surface area contributed by atoms with Gasteiger partial charge in [-0.05, 0) is 56.7 Å². The van der Waals surface area contributed by atoms with E-state index in [4.69, 9.17) is 4.74 Å². The average molecular weight is 369 g/mol. The molecule has 0 bridgehead atoms. The third-order valence-corrected chi connectivity index (χ3v) is 5.86. The number of halogens is 2. The van der Waals surface area contributed by atoms with Crippen LogP contribution in [0.1, 0.15) is 0 Å². The summed E-state index contributed by atoms with van der Waals surface area (Å²) in [4.78, 5) is 0. The van der Waals surface area contributed by atoms with Gasteiger partial charge in [0.2, 0.25) is 0 Å². The lowest BCUT2D eigenvalue weighted by Gasteiger charge is -1.98. The molecule has 1 aromatic carbocycles. The second kappa shape index (κ2) is 3.74. The van der Waals surface area contributed by atoms with Gasteiger partial charge in [-0.1, -0.05) is 0 Å². The van der Waals surface area contributed by atoms with Crippen LogP contribution in [-0.2, 0) is 0 Å². The summed E-state index contributed by atoms with van der Waals surface area (Å²) in [5, 5.41) is 1.26. The van der Waals surface area contributed by atoms with Gasteiger partial charge in [-0.3, -0.25) is 0 Å². The lowest BCUT2D eigenvalue weighted by Crippen LogP contribution is -1.80. The van der Waals surface area contributed by atoms with E-state index in [1.165, 1.54) is 17.4 Å². The first kappa shape index (κ1) is 9.73. The fourth-order valence-corrected chi connectivity index (χ4v) is 3.64. The number of ether oxygens (including phenoxy) is 1. The average Bonchev–Trinajstić information content (AvgIpc) is 2.43. The van der Waals surface area contributed by atoms with Crippen molar-refractivity contribution in [1.29, 1.82) is 0 Å². The van der Waals surface area contributed by atoms with E-state index in [0.717, 1.165) is 5.75 Å².